The molecule has 7 heteroatoms. The van der Waals surface area contributed by atoms with Gasteiger partial charge in [-0.1, -0.05) is 30.3 Å². The highest BCUT2D eigenvalue weighted by atomic mass is 32.2. The van der Waals surface area contributed by atoms with Crippen molar-refractivity contribution in [1.29, 1.82) is 0 Å². The molecule has 1 fully saturated rings. The smallest absolute Gasteiger partial charge is 0.254 e. The van der Waals surface area contributed by atoms with E-state index in [-0.39, 0.29) is 17.6 Å². The van der Waals surface area contributed by atoms with Crippen LogP contribution in [0.2, 0.25) is 0 Å². The quantitative estimate of drug-likeness (QED) is 0.890. The predicted octanol–water partition coefficient (Wildman–Crippen LogP) is 1.33. The number of nitrogens with one attached hydrogen (secondary N) is 1. The molecule has 3 heterocycles. The number of nitrogens with zero attached hydrogens (tertiary/aromatic N) is 2. The normalized spacial score (nSPS) is 23.7. The van der Waals surface area contributed by atoms with E-state index in [1.54, 1.807) is 4.31 Å². The van der Waals surface area contributed by atoms with Crippen LogP contribution in [0, 0.1) is 0 Å². The van der Waals surface area contributed by atoms with E-state index >= 15 is 0 Å². The van der Waals surface area contributed by atoms with Crippen LogP contribution in [-0.2, 0) is 22.9 Å². The highest BCUT2D eigenvalue weighted by Crippen LogP contribution is 2.34. The minimum atomic E-state index is -3.28. The van der Waals surface area contributed by atoms with Crippen LogP contribution in [0.4, 0.5) is 0 Å². The van der Waals surface area contributed by atoms with E-state index < -0.39 is 10.0 Å². The topological polar surface area (TPSA) is 83.1 Å². The van der Waals surface area contributed by atoms with Crippen LogP contribution < -0.4 is 5.56 Å². The van der Waals surface area contributed by atoms with Gasteiger partial charge in [0.05, 0.1) is 11.9 Å². The maximum absolute atomic E-state index is 12.6. The molecule has 2 atom stereocenters. The number of aromatic amines is 1. The molecule has 126 valence electrons. The third-order valence-electron chi connectivity index (χ3n) is 4.95. The first-order valence-corrected chi connectivity index (χ1v) is 9.94. The Hall–Kier alpha value is -1.99. The summed E-state index contributed by atoms with van der Waals surface area (Å²) in [5.41, 5.74) is 2.07. The summed E-state index contributed by atoms with van der Waals surface area (Å²) >= 11 is 0. The van der Waals surface area contributed by atoms with Crippen LogP contribution in [0.3, 0.4) is 0 Å². The number of sulfonamides is 1. The Bertz CT molecular complexity index is 937. The van der Waals surface area contributed by atoms with E-state index in [1.807, 2.05) is 30.3 Å². The summed E-state index contributed by atoms with van der Waals surface area (Å²) in [5.74, 6) is 0.544. The largest absolute Gasteiger partial charge is 0.306 e. The van der Waals surface area contributed by atoms with Crippen molar-refractivity contribution in [1.82, 2.24) is 14.3 Å². The molecular weight excluding hydrogens is 326 g/mol. The van der Waals surface area contributed by atoms with E-state index in [4.69, 9.17) is 0 Å². The lowest BCUT2D eigenvalue weighted by molar-refractivity contribution is 0.330. The first-order chi connectivity index (χ1) is 11.4. The van der Waals surface area contributed by atoms with Crippen molar-refractivity contribution in [2.45, 2.75) is 37.8 Å². The van der Waals surface area contributed by atoms with Crippen molar-refractivity contribution in [3.63, 3.8) is 0 Å². The second-order valence-electron chi connectivity index (χ2n) is 6.59. The Morgan fingerprint density at radius 3 is 2.46 bits per heavy atom. The average molecular weight is 345 g/mol. The van der Waals surface area contributed by atoms with Crippen molar-refractivity contribution in [2.24, 2.45) is 0 Å². The van der Waals surface area contributed by atoms with Gasteiger partial charge < -0.3 is 4.98 Å². The number of H-pyrrole nitrogens is 1. The first kappa shape index (κ1) is 15.5. The highest BCUT2D eigenvalue weighted by molar-refractivity contribution is 7.88. The summed E-state index contributed by atoms with van der Waals surface area (Å²) in [6.07, 6.45) is 3.82. The molecule has 0 aliphatic carbocycles. The second kappa shape index (κ2) is 5.53. The van der Waals surface area contributed by atoms with Crippen LogP contribution in [-0.4, -0.2) is 41.0 Å². The van der Waals surface area contributed by atoms with Gasteiger partial charge in [-0.25, -0.2) is 13.4 Å². The van der Waals surface area contributed by atoms with E-state index in [2.05, 4.69) is 9.97 Å². The minimum absolute atomic E-state index is 0.0934. The van der Waals surface area contributed by atoms with Crippen LogP contribution in [0.15, 0.2) is 35.1 Å². The standard InChI is InChI=1S/C17H19N3O3S/c1-24(22,23)20-12-7-8-13(20)10-15-14(9-12)17(21)19-16(18-15)11-5-3-2-4-6-11/h2-6,12-13H,7-10H2,1H3,(H,18,19,21)/t12-,13+/m1/s1. The number of rotatable bonds is 2. The molecule has 1 saturated heterocycles. The molecule has 2 aliphatic rings. The van der Waals surface area contributed by atoms with E-state index in [0.717, 1.165) is 24.1 Å². The van der Waals surface area contributed by atoms with Crippen LogP contribution in [0.25, 0.3) is 11.4 Å². The molecule has 0 radical (unpaired) electrons. The summed E-state index contributed by atoms with van der Waals surface area (Å²) < 4.78 is 25.9. The molecule has 2 bridgehead atoms. The zero-order valence-electron chi connectivity index (χ0n) is 13.4. The Morgan fingerprint density at radius 1 is 1.12 bits per heavy atom. The van der Waals surface area contributed by atoms with Crippen molar-refractivity contribution in [3.8, 4) is 11.4 Å². The van der Waals surface area contributed by atoms with Gasteiger partial charge in [-0.05, 0) is 19.3 Å². The Morgan fingerprint density at radius 2 is 1.79 bits per heavy atom. The third-order valence-corrected chi connectivity index (χ3v) is 6.32. The van der Waals surface area contributed by atoms with Crippen molar-refractivity contribution in [2.75, 3.05) is 6.26 Å². The van der Waals surface area contributed by atoms with Crippen molar-refractivity contribution in [3.05, 3.63) is 51.9 Å². The van der Waals surface area contributed by atoms with E-state index in [9.17, 15) is 13.2 Å². The maximum Gasteiger partial charge on any atom is 0.254 e. The van der Waals surface area contributed by atoms with Gasteiger partial charge in [0.25, 0.3) is 5.56 Å². The highest BCUT2D eigenvalue weighted by Gasteiger charge is 2.43. The molecule has 1 aromatic carbocycles. The van der Waals surface area contributed by atoms with Gasteiger partial charge in [0.15, 0.2) is 0 Å². The Balaban J connectivity index is 1.81. The lowest BCUT2D eigenvalue weighted by atomic mass is 9.98. The Labute approximate surface area is 140 Å². The van der Waals surface area contributed by atoms with Crippen molar-refractivity contribution >= 4 is 10.0 Å². The van der Waals surface area contributed by atoms with E-state index in [1.165, 1.54) is 6.26 Å². The summed E-state index contributed by atoms with van der Waals surface area (Å²) in [7, 11) is -3.28. The molecule has 0 spiro atoms. The van der Waals surface area contributed by atoms with Crippen molar-refractivity contribution < 1.29 is 8.42 Å². The number of aromatic nitrogens is 2. The number of hydrogen-bond donors (Lipinski definition) is 1. The van der Waals surface area contributed by atoms with Gasteiger partial charge >= 0.3 is 0 Å². The molecule has 0 unspecified atom stereocenters. The SMILES string of the molecule is CS(=O)(=O)N1[C@@H]2CC[C@H]1Cc1nc(-c3ccccc3)[nH]c(=O)c1C2. The third kappa shape index (κ3) is 2.57. The van der Waals surface area contributed by atoms with Gasteiger partial charge in [0.1, 0.15) is 5.82 Å². The number of hydrogen-bond acceptors (Lipinski definition) is 4. The summed E-state index contributed by atoms with van der Waals surface area (Å²) in [5, 5.41) is 0. The number of benzene rings is 1. The van der Waals surface area contributed by atoms with Gasteiger partial charge in [0.2, 0.25) is 10.0 Å². The van der Waals surface area contributed by atoms with Gasteiger partial charge in [-0.3, -0.25) is 4.79 Å². The Kier molecular flexibility index (Phi) is 3.58. The van der Waals surface area contributed by atoms with Crippen LogP contribution in [0.1, 0.15) is 24.1 Å². The fourth-order valence-corrected chi connectivity index (χ4v) is 5.42. The lowest BCUT2D eigenvalue weighted by Crippen LogP contribution is -2.41. The molecule has 1 aromatic heterocycles. The van der Waals surface area contributed by atoms with Gasteiger partial charge in [-0.2, -0.15) is 4.31 Å². The summed E-state index contributed by atoms with van der Waals surface area (Å²) in [6.45, 7) is 0. The fraction of sp³-hybridized carbons (Fsp3) is 0.412. The molecule has 2 aliphatic heterocycles. The number of fused-ring (bicyclic) bond motifs is 3. The maximum atomic E-state index is 12.6. The first-order valence-electron chi connectivity index (χ1n) is 8.09. The monoisotopic (exact) mass is 345 g/mol. The predicted molar refractivity (Wildman–Crippen MR) is 91.2 cm³/mol. The summed E-state index contributed by atoms with van der Waals surface area (Å²) in [4.78, 5) is 20.1. The molecule has 2 aromatic rings. The van der Waals surface area contributed by atoms with Crippen LogP contribution >= 0.6 is 0 Å². The zero-order chi connectivity index (χ0) is 16.9. The van der Waals surface area contributed by atoms with Gasteiger partial charge in [-0.15, -0.1) is 0 Å². The molecular formula is C17H19N3O3S. The lowest BCUT2D eigenvalue weighted by Gasteiger charge is -2.24. The molecule has 0 saturated carbocycles. The summed E-state index contributed by atoms with van der Waals surface area (Å²) in [6, 6.07) is 9.28. The molecule has 24 heavy (non-hydrogen) atoms. The molecule has 1 N–H and O–H groups in total. The molecule has 0 amide bonds. The fourth-order valence-electron chi connectivity index (χ4n) is 3.98. The second-order valence-corrected chi connectivity index (χ2v) is 8.48. The average Bonchev–Trinajstić information content (AvgIpc) is 2.84. The molecule has 6 nitrogen and oxygen atoms in total. The van der Waals surface area contributed by atoms with Crippen LogP contribution in [0.5, 0.6) is 0 Å². The van der Waals surface area contributed by atoms with Gasteiger partial charge in [0, 0.05) is 29.6 Å². The minimum Gasteiger partial charge on any atom is -0.306 e. The molecule has 4 rings (SSSR count). The van der Waals surface area contributed by atoms with E-state index in [0.29, 0.717) is 24.2 Å². The zero-order valence-corrected chi connectivity index (χ0v) is 14.2.